The van der Waals surface area contributed by atoms with E-state index in [-0.39, 0.29) is 5.97 Å². The van der Waals surface area contributed by atoms with Gasteiger partial charge in [-0.15, -0.1) is 0 Å². The number of hydrogen-bond acceptors (Lipinski definition) is 2. The van der Waals surface area contributed by atoms with Gasteiger partial charge in [-0.25, -0.2) is 0 Å². The van der Waals surface area contributed by atoms with E-state index < -0.39 is 0 Å². The van der Waals surface area contributed by atoms with E-state index in [1.54, 1.807) is 5.57 Å². The Labute approximate surface area is 99.1 Å². The molecule has 92 valence electrons. The molecule has 2 heteroatoms. The number of esters is 1. The molecule has 0 aromatic heterocycles. The molecule has 0 saturated carbocycles. The Morgan fingerprint density at radius 2 is 2.12 bits per heavy atom. The number of carbonyl (C=O) groups excluding carboxylic acids is 1. The van der Waals surface area contributed by atoms with Gasteiger partial charge in [-0.1, -0.05) is 31.4 Å². The van der Waals surface area contributed by atoms with Crippen molar-refractivity contribution in [1.29, 1.82) is 0 Å². The van der Waals surface area contributed by atoms with E-state index in [2.05, 4.69) is 13.0 Å². The van der Waals surface area contributed by atoms with Gasteiger partial charge >= 0.3 is 5.97 Å². The van der Waals surface area contributed by atoms with E-state index in [1.807, 2.05) is 0 Å². The maximum atomic E-state index is 10.7. The summed E-state index contributed by atoms with van der Waals surface area (Å²) < 4.78 is 5.03. The van der Waals surface area contributed by atoms with E-state index in [0.29, 0.717) is 12.5 Å². The fourth-order valence-electron chi connectivity index (χ4n) is 2.21. The SMILES string of the molecule is CC(=O)OCC(C)C/C1=C/CCCCCC1. The molecule has 2 nitrogen and oxygen atoms in total. The quantitative estimate of drug-likeness (QED) is 0.535. The van der Waals surface area contributed by atoms with E-state index in [1.165, 1.54) is 45.4 Å². The van der Waals surface area contributed by atoms with Crippen LogP contribution in [-0.2, 0) is 9.53 Å². The first-order valence-corrected chi connectivity index (χ1v) is 6.49. The molecule has 0 heterocycles. The van der Waals surface area contributed by atoms with Gasteiger partial charge in [0.2, 0.25) is 0 Å². The largest absolute Gasteiger partial charge is 0.466 e. The van der Waals surface area contributed by atoms with Gasteiger partial charge in [0.15, 0.2) is 0 Å². The normalized spacial score (nSPS) is 22.5. The molecule has 0 amide bonds. The van der Waals surface area contributed by atoms with Gasteiger partial charge < -0.3 is 4.74 Å². The summed E-state index contributed by atoms with van der Waals surface area (Å²) in [6.45, 7) is 4.19. The van der Waals surface area contributed by atoms with Crippen LogP contribution < -0.4 is 0 Å². The second-order valence-corrected chi connectivity index (χ2v) is 4.93. The highest BCUT2D eigenvalue weighted by Crippen LogP contribution is 2.22. The standard InChI is InChI=1S/C14H24O2/c1-12(11-16-13(2)15)10-14-8-6-4-3-5-7-9-14/h8,12H,3-7,9-11H2,1-2H3/b14-8+. The lowest BCUT2D eigenvalue weighted by molar-refractivity contribution is -0.142. The van der Waals surface area contributed by atoms with Gasteiger partial charge in [-0.05, 0) is 38.0 Å². The third kappa shape index (κ3) is 5.94. The summed E-state index contributed by atoms with van der Waals surface area (Å²) in [5, 5.41) is 0. The fourth-order valence-corrected chi connectivity index (χ4v) is 2.21. The van der Waals surface area contributed by atoms with Crippen molar-refractivity contribution in [2.24, 2.45) is 5.92 Å². The van der Waals surface area contributed by atoms with Crippen LogP contribution in [0, 0.1) is 5.92 Å². The second kappa shape index (κ2) is 7.48. The van der Waals surface area contributed by atoms with E-state index in [4.69, 9.17) is 4.74 Å². The van der Waals surface area contributed by atoms with Gasteiger partial charge in [0.25, 0.3) is 0 Å². The summed E-state index contributed by atoms with van der Waals surface area (Å²) in [5.41, 5.74) is 1.57. The zero-order valence-electron chi connectivity index (χ0n) is 10.6. The van der Waals surface area contributed by atoms with Gasteiger partial charge in [-0.3, -0.25) is 4.79 Å². The summed E-state index contributed by atoms with van der Waals surface area (Å²) in [6.07, 6.45) is 11.4. The second-order valence-electron chi connectivity index (χ2n) is 4.93. The average molecular weight is 224 g/mol. The summed E-state index contributed by atoms with van der Waals surface area (Å²) in [6, 6.07) is 0. The molecule has 0 bridgehead atoms. The van der Waals surface area contributed by atoms with Crippen LogP contribution in [0.15, 0.2) is 11.6 Å². The minimum Gasteiger partial charge on any atom is -0.466 e. The Morgan fingerprint density at radius 1 is 1.38 bits per heavy atom. The molecule has 0 saturated heterocycles. The number of carbonyl (C=O) groups is 1. The average Bonchev–Trinajstić information content (AvgIpc) is 2.19. The van der Waals surface area contributed by atoms with Crippen molar-refractivity contribution in [1.82, 2.24) is 0 Å². The van der Waals surface area contributed by atoms with E-state index in [0.717, 1.165) is 6.42 Å². The zero-order valence-corrected chi connectivity index (χ0v) is 10.6. The molecule has 0 N–H and O–H groups in total. The van der Waals surface area contributed by atoms with Crippen LogP contribution in [0.2, 0.25) is 0 Å². The van der Waals surface area contributed by atoms with Gasteiger partial charge in [0.05, 0.1) is 6.61 Å². The molecule has 1 unspecified atom stereocenters. The molecule has 0 spiro atoms. The Kier molecular flexibility index (Phi) is 6.20. The Bertz CT molecular complexity index is 243. The van der Waals surface area contributed by atoms with Crippen molar-refractivity contribution in [3.63, 3.8) is 0 Å². The molecule has 0 aliphatic heterocycles. The van der Waals surface area contributed by atoms with Crippen molar-refractivity contribution < 1.29 is 9.53 Å². The number of allylic oxidation sites excluding steroid dienone is 2. The van der Waals surface area contributed by atoms with Crippen molar-refractivity contribution in [3.8, 4) is 0 Å². The molecule has 16 heavy (non-hydrogen) atoms. The molecule has 0 aromatic rings. The molecule has 1 aliphatic carbocycles. The van der Waals surface area contributed by atoms with Gasteiger partial charge in [-0.2, -0.15) is 0 Å². The number of ether oxygens (including phenoxy) is 1. The van der Waals surface area contributed by atoms with Crippen molar-refractivity contribution in [2.75, 3.05) is 6.61 Å². The molecule has 1 aliphatic rings. The minimum absolute atomic E-state index is 0.168. The maximum absolute atomic E-state index is 10.7. The van der Waals surface area contributed by atoms with Crippen molar-refractivity contribution >= 4 is 5.97 Å². The summed E-state index contributed by atoms with van der Waals surface area (Å²) in [7, 11) is 0. The third-order valence-electron chi connectivity index (χ3n) is 3.07. The third-order valence-corrected chi connectivity index (χ3v) is 3.07. The summed E-state index contributed by atoms with van der Waals surface area (Å²) in [4.78, 5) is 10.7. The highest BCUT2D eigenvalue weighted by Gasteiger charge is 2.09. The lowest BCUT2D eigenvalue weighted by atomic mass is 9.93. The zero-order chi connectivity index (χ0) is 11.8. The van der Waals surface area contributed by atoms with Gasteiger partial charge in [0, 0.05) is 6.92 Å². The van der Waals surface area contributed by atoms with Crippen LogP contribution in [0.3, 0.4) is 0 Å². The predicted octanol–water partition coefficient (Wildman–Crippen LogP) is 3.86. The Morgan fingerprint density at radius 3 is 2.88 bits per heavy atom. The van der Waals surface area contributed by atoms with Crippen LogP contribution in [-0.4, -0.2) is 12.6 Å². The van der Waals surface area contributed by atoms with Crippen molar-refractivity contribution in [2.45, 2.75) is 58.8 Å². The topological polar surface area (TPSA) is 26.3 Å². The first-order chi connectivity index (χ1) is 7.68. The first kappa shape index (κ1) is 13.3. The molecule has 0 radical (unpaired) electrons. The highest BCUT2D eigenvalue weighted by atomic mass is 16.5. The lowest BCUT2D eigenvalue weighted by Gasteiger charge is -2.16. The number of hydrogen-bond donors (Lipinski definition) is 0. The molecule has 1 rings (SSSR count). The minimum atomic E-state index is -0.168. The molecular formula is C14H24O2. The Hall–Kier alpha value is -0.790. The van der Waals surface area contributed by atoms with Gasteiger partial charge in [0.1, 0.15) is 0 Å². The Balaban J connectivity index is 2.29. The van der Waals surface area contributed by atoms with E-state index >= 15 is 0 Å². The van der Waals surface area contributed by atoms with Crippen LogP contribution in [0.25, 0.3) is 0 Å². The fraction of sp³-hybridized carbons (Fsp3) is 0.786. The smallest absolute Gasteiger partial charge is 0.302 e. The summed E-state index contributed by atoms with van der Waals surface area (Å²) >= 11 is 0. The highest BCUT2D eigenvalue weighted by molar-refractivity contribution is 5.65. The maximum Gasteiger partial charge on any atom is 0.302 e. The molecule has 0 fully saturated rings. The number of rotatable bonds is 4. The van der Waals surface area contributed by atoms with Crippen LogP contribution in [0.1, 0.15) is 58.8 Å². The molecule has 0 aromatic carbocycles. The van der Waals surface area contributed by atoms with Crippen LogP contribution >= 0.6 is 0 Å². The molecule has 1 atom stereocenters. The van der Waals surface area contributed by atoms with Crippen molar-refractivity contribution in [3.05, 3.63) is 11.6 Å². The van der Waals surface area contributed by atoms with Crippen LogP contribution in [0.4, 0.5) is 0 Å². The lowest BCUT2D eigenvalue weighted by Crippen LogP contribution is -2.10. The predicted molar refractivity (Wildman–Crippen MR) is 66.2 cm³/mol. The first-order valence-electron chi connectivity index (χ1n) is 6.49. The van der Waals surface area contributed by atoms with Crippen LogP contribution in [0.5, 0.6) is 0 Å². The monoisotopic (exact) mass is 224 g/mol. The van der Waals surface area contributed by atoms with E-state index in [9.17, 15) is 4.79 Å². The molecular weight excluding hydrogens is 200 g/mol. The summed E-state index contributed by atoms with van der Waals surface area (Å²) in [5.74, 6) is 0.285.